The molecule has 1 aliphatic heterocycles. The minimum absolute atomic E-state index is 0.325. The Kier molecular flexibility index (Phi) is 4.10. The number of alkyl halides is 1. The van der Waals surface area contributed by atoms with Crippen LogP contribution in [0, 0.1) is 0 Å². The zero-order valence-electron chi connectivity index (χ0n) is 10.1. The summed E-state index contributed by atoms with van der Waals surface area (Å²) in [5.74, 6) is 1.62. The number of hydrogen-bond acceptors (Lipinski definition) is 4. The molecular formula is C11H14IN2O4-. The first-order chi connectivity index (χ1) is 8.65. The third kappa shape index (κ3) is 2.60. The number of H-pyrrole nitrogens is 1. The Bertz CT molecular complexity index is 575. The molecule has 0 aromatic carbocycles. The summed E-state index contributed by atoms with van der Waals surface area (Å²) in [6.07, 6.45) is 2.29. The predicted molar refractivity (Wildman–Crippen MR) is 60.4 cm³/mol. The molecule has 1 aliphatic rings. The van der Waals surface area contributed by atoms with Crippen molar-refractivity contribution >= 4 is 0 Å². The third-order valence-corrected chi connectivity index (χ3v) is 3.57. The van der Waals surface area contributed by atoms with Gasteiger partial charge in [-0.05, 0) is 0 Å². The van der Waals surface area contributed by atoms with E-state index in [1.807, 2.05) is 11.9 Å². The fourth-order valence-electron chi connectivity index (χ4n) is 1.80. The molecule has 0 amide bonds. The second kappa shape index (κ2) is 5.59. The van der Waals surface area contributed by atoms with E-state index in [0.29, 0.717) is 6.42 Å². The molecule has 0 saturated heterocycles. The van der Waals surface area contributed by atoms with Crippen LogP contribution in [0.2, 0.25) is 0 Å². The van der Waals surface area contributed by atoms with Crippen molar-refractivity contribution in [2.45, 2.75) is 26.0 Å². The average molecular weight is 365 g/mol. The normalized spacial score (nSPS) is 19.1. The Morgan fingerprint density at radius 1 is 1.61 bits per heavy atom. The molecule has 0 aliphatic carbocycles. The molecule has 1 N–H and O–H groups in total. The van der Waals surface area contributed by atoms with Crippen LogP contribution in [0.5, 0.6) is 0 Å². The van der Waals surface area contributed by atoms with Gasteiger partial charge in [-0.15, -0.1) is 0 Å². The Balaban J connectivity index is 2.24. The van der Waals surface area contributed by atoms with Crippen LogP contribution >= 0.6 is 0 Å². The van der Waals surface area contributed by atoms with Gasteiger partial charge in [0.2, 0.25) is 0 Å². The molecule has 1 aromatic heterocycles. The van der Waals surface area contributed by atoms with Crippen molar-refractivity contribution in [1.29, 1.82) is 0 Å². The Morgan fingerprint density at radius 3 is 3.00 bits per heavy atom. The van der Waals surface area contributed by atoms with E-state index in [-0.39, 0.29) is 21.6 Å². The quantitative estimate of drug-likeness (QED) is 0.483. The summed E-state index contributed by atoms with van der Waals surface area (Å²) >= 11 is -0.325. The summed E-state index contributed by atoms with van der Waals surface area (Å²) < 4.78 is 12.7. The van der Waals surface area contributed by atoms with Crippen molar-refractivity contribution in [1.82, 2.24) is 9.55 Å². The molecule has 1 atom stereocenters. The van der Waals surface area contributed by atoms with Crippen LogP contribution in [0.1, 0.15) is 26.0 Å². The van der Waals surface area contributed by atoms with Gasteiger partial charge < -0.3 is 0 Å². The van der Waals surface area contributed by atoms with E-state index < -0.39 is 17.5 Å². The SMILES string of the molecule is CCC1=C(O[I-]C)C[C@H](n2ccc(=O)[nH]c2=O)O1. The summed E-state index contributed by atoms with van der Waals surface area (Å²) in [5.41, 5.74) is -0.871. The van der Waals surface area contributed by atoms with Crippen LogP contribution in [0.15, 0.2) is 33.4 Å². The molecule has 2 heterocycles. The number of nitrogens with zero attached hydrogens (tertiary/aromatic N) is 1. The average Bonchev–Trinajstić information content (AvgIpc) is 2.72. The van der Waals surface area contributed by atoms with Gasteiger partial charge in [0, 0.05) is 0 Å². The zero-order valence-corrected chi connectivity index (χ0v) is 12.3. The van der Waals surface area contributed by atoms with E-state index in [0.717, 1.165) is 17.9 Å². The summed E-state index contributed by atoms with van der Waals surface area (Å²) in [7, 11) is 0. The summed E-state index contributed by atoms with van der Waals surface area (Å²) in [5, 5.41) is 0. The zero-order chi connectivity index (χ0) is 13.1. The number of aromatic nitrogens is 2. The standard InChI is InChI=1S/C11H14IN2O4/c1-3-7-8(18-12-2)6-10(17-7)14-5-4-9(15)13-11(14)16/h4-5,10H,3,6H2,1-2H3,(H,13,15,16)/q-1/t10-/m1/s1. The fourth-order valence-corrected chi connectivity index (χ4v) is 2.76. The number of allylic oxidation sites excluding steroid dienone is 1. The van der Waals surface area contributed by atoms with E-state index in [9.17, 15) is 9.59 Å². The van der Waals surface area contributed by atoms with Gasteiger partial charge in [0.25, 0.3) is 0 Å². The molecule has 7 heteroatoms. The van der Waals surface area contributed by atoms with Crippen molar-refractivity contribution in [3.8, 4) is 0 Å². The molecule has 0 radical (unpaired) electrons. The molecule has 18 heavy (non-hydrogen) atoms. The van der Waals surface area contributed by atoms with E-state index in [1.54, 1.807) is 0 Å². The predicted octanol–water partition coefficient (Wildman–Crippen LogP) is -2.27. The molecule has 0 saturated carbocycles. The molecule has 2 rings (SSSR count). The van der Waals surface area contributed by atoms with Crippen molar-refractivity contribution in [2.24, 2.45) is 0 Å². The van der Waals surface area contributed by atoms with E-state index in [2.05, 4.69) is 4.98 Å². The minimum atomic E-state index is -0.463. The van der Waals surface area contributed by atoms with E-state index >= 15 is 0 Å². The summed E-state index contributed by atoms with van der Waals surface area (Å²) in [6, 6.07) is 1.31. The Morgan fingerprint density at radius 2 is 2.39 bits per heavy atom. The van der Waals surface area contributed by atoms with Gasteiger partial charge in [-0.2, -0.15) is 0 Å². The van der Waals surface area contributed by atoms with Gasteiger partial charge in [-0.1, -0.05) is 0 Å². The number of hydrogen-bond donors (Lipinski definition) is 1. The maximum atomic E-state index is 11.7. The summed E-state index contributed by atoms with van der Waals surface area (Å²) in [4.78, 5) is 26.9. The number of ether oxygens (including phenoxy) is 1. The molecule has 6 nitrogen and oxygen atoms in total. The van der Waals surface area contributed by atoms with E-state index in [1.165, 1.54) is 16.8 Å². The second-order valence-corrected chi connectivity index (χ2v) is 5.05. The second-order valence-electron chi connectivity index (χ2n) is 3.73. The number of rotatable bonds is 4. The molecule has 0 unspecified atom stereocenters. The number of aromatic amines is 1. The van der Waals surface area contributed by atoms with Crippen molar-refractivity contribution in [3.63, 3.8) is 0 Å². The first-order valence-corrected chi connectivity index (χ1v) is 8.56. The van der Waals surface area contributed by atoms with Crippen LogP contribution in [0.4, 0.5) is 0 Å². The van der Waals surface area contributed by atoms with Crippen LogP contribution in [0.25, 0.3) is 0 Å². The molecule has 0 spiro atoms. The van der Waals surface area contributed by atoms with Gasteiger partial charge in [0.1, 0.15) is 0 Å². The van der Waals surface area contributed by atoms with Crippen LogP contribution < -0.4 is 32.9 Å². The van der Waals surface area contributed by atoms with Gasteiger partial charge in [-0.25, -0.2) is 0 Å². The van der Waals surface area contributed by atoms with Crippen molar-refractivity contribution in [3.05, 3.63) is 44.6 Å². The third-order valence-electron chi connectivity index (χ3n) is 2.60. The number of halogens is 1. The monoisotopic (exact) mass is 365 g/mol. The molecule has 1 aromatic rings. The molecule has 0 fully saturated rings. The van der Waals surface area contributed by atoms with Gasteiger partial charge in [-0.3, -0.25) is 0 Å². The molecule has 100 valence electrons. The molecular weight excluding hydrogens is 351 g/mol. The Hall–Kier alpha value is -1.25. The topological polar surface area (TPSA) is 73.3 Å². The first kappa shape index (κ1) is 13.2. The van der Waals surface area contributed by atoms with Crippen LogP contribution in [-0.2, 0) is 7.80 Å². The first-order valence-electron chi connectivity index (χ1n) is 5.52. The van der Waals surface area contributed by atoms with Crippen molar-refractivity contribution in [2.75, 3.05) is 4.93 Å². The molecule has 0 bridgehead atoms. The fraction of sp³-hybridized carbons (Fsp3) is 0.455. The Labute approximate surface area is 114 Å². The maximum absolute atomic E-state index is 11.7. The van der Waals surface area contributed by atoms with Gasteiger partial charge in [0.15, 0.2) is 0 Å². The van der Waals surface area contributed by atoms with Crippen LogP contribution in [-0.4, -0.2) is 14.5 Å². The summed E-state index contributed by atoms with van der Waals surface area (Å²) in [6.45, 7) is 1.98. The van der Waals surface area contributed by atoms with Gasteiger partial charge in [0.05, 0.1) is 0 Å². The van der Waals surface area contributed by atoms with Crippen LogP contribution in [0.3, 0.4) is 0 Å². The van der Waals surface area contributed by atoms with Crippen molar-refractivity contribution < 1.29 is 29.4 Å². The van der Waals surface area contributed by atoms with E-state index in [4.69, 9.17) is 7.80 Å². The number of nitrogens with one attached hydrogen (secondary N) is 1. The van der Waals surface area contributed by atoms with Gasteiger partial charge >= 0.3 is 115 Å².